The van der Waals surface area contributed by atoms with E-state index in [9.17, 15) is 0 Å². The molecule has 2 rings (SSSR count). The summed E-state index contributed by atoms with van der Waals surface area (Å²) in [6.45, 7) is 9.19. The minimum Gasteiger partial charge on any atom is -0.370 e. The molecule has 0 aromatic heterocycles. The highest BCUT2D eigenvalue weighted by atomic mass is 16.5. The van der Waals surface area contributed by atoms with Crippen molar-refractivity contribution in [2.75, 3.05) is 13.1 Å². The Kier molecular flexibility index (Phi) is 7.01. The lowest BCUT2D eigenvalue weighted by Gasteiger charge is -2.44. The zero-order valence-electron chi connectivity index (χ0n) is 14.6. The molecule has 2 nitrogen and oxygen atoms in total. The van der Waals surface area contributed by atoms with Crippen LogP contribution in [0.1, 0.15) is 85.0 Å². The van der Waals surface area contributed by atoms with E-state index in [0.29, 0.717) is 6.10 Å². The van der Waals surface area contributed by atoms with E-state index in [1.807, 2.05) is 0 Å². The summed E-state index contributed by atoms with van der Waals surface area (Å²) in [5.41, 5.74) is 0.132. The topological polar surface area (TPSA) is 21.3 Å². The highest BCUT2D eigenvalue weighted by Gasteiger charge is 2.38. The molecule has 0 spiro atoms. The summed E-state index contributed by atoms with van der Waals surface area (Å²) in [6.07, 6.45) is 13.7. The molecule has 4 unspecified atom stereocenters. The van der Waals surface area contributed by atoms with Crippen LogP contribution < -0.4 is 5.32 Å². The lowest BCUT2D eigenvalue weighted by atomic mass is 9.77. The van der Waals surface area contributed by atoms with Gasteiger partial charge in [-0.15, -0.1) is 0 Å². The third-order valence-corrected chi connectivity index (χ3v) is 5.65. The van der Waals surface area contributed by atoms with Crippen LogP contribution in [0.3, 0.4) is 0 Å². The van der Waals surface area contributed by atoms with Crippen LogP contribution in [0.5, 0.6) is 0 Å². The zero-order chi connectivity index (χ0) is 15.1. The molecule has 2 aliphatic carbocycles. The van der Waals surface area contributed by atoms with Gasteiger partial charge in [-0.1, -0.05) is 52.9 Å². The summed E-state index contributed by atoms with van der Waals surface area (Å²) in [5, 5.41) is 3.66. The van der Waals surface area contributed by atoms with Crippen molar-refractivity contribution >= 4 is 0 Å². The molecule has 2 heteroatoms. The predicted octanol–water partition coefficient (Wildman–Crippen LogP) is 4.92. The van der Waals surface area contributed by atoms with Gasteiger partial charge in [0.05, 0.1) is 11.7 Å². The first-order chi connectivity index (χ1) is 10.2. The molecule has 2 saturated carbocycles. The van der Waals surface area contributed by atoms with Gasteiger partial charge in [0.2, 0.25) is 0 Å². The fourth-order valence-electron chi connectivity index (χ4n) is 4.49. The third kappa shape index (κ3) is 5.25. The van der Waals surface area contributed by atoms with Crippen LogP contribution in [0.15, 0.2) is 0 Å². The van der Waals surface area contributed by atoms with Gasteiger partial charge in [0.1, 0.15) is 0 Å². The zero-order valence-corrected chi connectivity index (χ0v) is 14.6. The van der Waals surface area contributed by atoms with E-state index in [4.69, 9.17) is 4.74 Å². The van der Waals surface area contributed by atoms with Crippen molar-refractivity contribution in [1.29, 1.82) is 0 Å². The summed E-state index contributed by atoms with van der Waals surface area (Å²) >= 11 is 0. The second kappa shape index (κ2) is 8.53. The Balaban J connectivity index is 1.94. The Morgan fingerprint density at radius 3 is 2.71 bits per heavy atom. The average molecular weight is 296 g/mol. The Morgan fingerprint density at radius 1 is 1.14 bits per heavy atom. The average Bonchev–Trinajstić information content (AvgIpc) is 2.47. The summed E-state index contributed by atoms with van der Waals surface area (Å²) < 4.78 is 6.81. The Bertz CT molecular complexity index is 293. The minimum atomic E-state index is 0.132. The Labute approximate surface area is 132 Å². The Morgan fingerprint density at radius 2 is 2.00 bits per heavy atom. The van der Waals surface area contributed by atoms with E-state index in [1.165, 1.54) is 64.2 Å². The van der Waals surface area contributed by atoms with Crippen molar-refractivity contribution in [2.45, 2.75) is 96.7 Å². The number of rotatable bonds is 7. The molecule has 2 aliphatic rings. The van der Waals surface area contributed by atoms with Gasteiger partial charge in [-0.05, 0) is 50.5 Å². The molecule has 21 heavy (non-hydrogen) atoms. The molecule has 0 aromatic rings. The first-order valence-corrected chi connectivity index (χ1v) is 9.56. The summed E-state index contributed by atoms with van der Waals surface area (Å²) in [7, 11) is 0. The minimum absolute atomic E-state index is 0.132. The normalized spacial score (nSPS) is 37.6. The first-order valence-electron chi connectivity index (χ1n) is 9.56. The van der Waals surface area contributed by atoms with E-state index in [-0.39, 0.29) is 5.60 Å². The van der Waals surface area contributed by atoms with Crippen LogP contribution >= 0.6 is 0 Å². The number of ether oxygens (including phenoxy) is 1. The van der Waals surface area contributed by atoms with Gasteiger partial charge in [0.25, 0.3) is 0 Å². The van der Waals surface area contributed by atoms with E-state index >= 15 is 0 Å². The van der Waals surface area contributed by atoms with Crippen molar-refractivity contribution in [3.8, 4) is 0 Å². The van der Waals surface area contributed by atoms with Crippen LogP contribution in [-0.2, 0) is 4.74 Å². The lowest BCUT2D eigenvalue weighted by Crippen LogP contribution is -2.49. The molecule has 0 aliphatic heterocycles. The van der Waals surface area contributed by atoms with E-state index in [2.05, 4.69) is 26.1 Å². The quantitative estimate of drug-likeness (QED) is 0.673. The molecule has 0 bridgehead atoms. The molecule has 4 atom stereocenters. The molecule has 1 N–H and O–H groups in total. The van der Waals surface area contributed by atoms with E-state index in [0.717, 1.165) is 24.9 Å². The number of nitrogens with one attached hydrogen (secondary N) is 1. The predicted molar refractivity (Wildman–Crippen MR) is 90.6 cm³/mol. The lowest BCUT2D eigenvalue weighted by molar-refractivity contribution is -0.134. The summed E-state index contributed by atoms with van der Waals surface area (Å²) in [5.74, 6) is 1.73. The Hall–Kier alpha value is -0.0800. The first kappa shape index (κ1) is 17.3. The summed E-state index contributed by atoms with van der Waals surface area (Å²) in [6, 6.07) is 0. The molecule has 124 valence electrons. The van der Waals surface area contributed by atoms with E-state index < -0.39 is 0 Å². The van der Waals surface area contributed by atoms with Gasteiger partial charge in [-0.2, -0.15) is 0 Å². The van der Waals surface area contributed by atoms with Gasteiger partial charge in [0, 0.05) is 6.54 Å². The highest BCUT2D eigenvalue weighted by molar-refractivity contribution is 4.91. The molecule has 0 radical (unpaired) electrons. The van der Waals surface area contributed by atoms with Crippen LogP contribution in [0.4, 0.5) is 0 Å². The van der Waals surface area contributed by atoms with E-state index in [1.54, 1.807) is 0 Å². The van der Waals surface area contributed by atoms with Crippen molar-refractivity contribution in [3.05, 3.63) is 0 Å². The molecule has 0 heterocycles. The summed E-state index contributed by atoms with van der Waals surface area (Å²) in [4.78, 5) is 0. The number of hydrogen-bond acceptors (Lipinski definition) is 2. The van der Waals surface area contributed by atoms with Crippen LogP contribution in [0.2, 0.25) is 0 Å². The smallest absolute Gasteiger partial charge is 0.0812 e. The third-order valence-electron chi connectivity index (χ3n) is 5.65. The van der Waals surface area contributed by atoms with Crippen LogP contribution in [0.25, 0.3) is 0 Å². The molecule has 2 fully saturated rings. The van der Waals surface area contributed by atoms with Gasteiger partial charge in [0.15, 0.2) is 0 Å². The van der Waals surface area contributed by atoms with Gasteiger partial charge >= 0.3 is 0 Å². The van der Waals surface area contributed by atoms with Gasteiger partial charge in [-0.3, -0.25) is 0 Å². The number of hydrogen-bond donors (Lipinski definition) is 1. The highest BCUT2D eigenvalue weighted by Crippen LogP contribution is 2.39. The maximum Gasteiger partial charge on any atom is 0.0812 e. The SMILES string of the molecule is CCCNCC1(OC2CCCC(CC)C2)CCCC(C)C1. The fourth-order valence-corrected chi connectivity index (χ4v) is 4.49. The largest absolute Gasteiger partial charge is 0.370 e. The maximum atomic E-state index is 6.81. The van der Waals surface area contributed by atoms with Crippen molar-refractivity contribution in [2.24, 2.45) is 11.8 Å². The standard InChI is InChI=1S/C19H37NO/c1-4-12-20-15-19(11-7-8-16(3)14-19)21-18-10-6-9-17(5-2)13-18/h16-18,20H,4-15H2,1-3H3. The van der Waals surface area contributed by atoms with Crippen molar-refractivity contribution < 1.29 is 4.74 Å². The fraction of sp³-hybridized carbons (Fsp3) is 1.00. The monoisotopic (exact) mass is 295 g/mol. The van der Waals surface area contributed by atoms with Crippen molar-refractivity contribution in [3.63, 3.8) is 0 Å². The molecule has 0 saturated heterocycles. The second-order valence-corrected chi connectivity index (χ2v) is 7.74. The second-order valence-electron chi connectivity index (χ2n) is 7.74. The maximum absolute atomic E-state index is 6.81. The van der Waals surface area contributed by atoms with Gasteiger partial charge < -0.3 is 10.1 Å². The molecule has 0 amide bonds. The van der Waals surface area contributed by atoms with Crippen LogP contribution in [0, 0.1) is 11.8 Å². The molecular weight excluding hydrogens is 258 g/mol. The van der Waals surface area contributed by atoms with Crippen LogP contribution in [-0.4, -0.2) is 24.8 Å². The molecule has 0 aromatic carbocycles. The van der Waals surface area contributed by atoms with Crippen molar-refractivity contribution in [1.82, 2.24) is 5.32 Å². The van der Waals surface area contributed by atoms with Gasteiger partial charge in [-0.25, -0.2) is 0 Å². The molecular formula is C19H37NO.